The normalized spacial score (nSPS) is 14.3. The molecule has 0 saturated heterocycles. The molecule has 1 N–H and O–H groups in total. The highest BCUT2D eigenvalue weighted by Gasteiger charge is 2.21. The Bertz CT molecular complexity index is 658. The SMILES string of the molecule is CCCNc1c2c(nc3c(Cl)ccc(Cl)c13)CCOC2. The van der Waals surface area contributed by atoms with Crippen molar-refractivity contribution in [3.63, 3.8) is 0 Å². The lowest BCUT2D eigenvalue weighted by atomic mass is 10.0. The van der Waals surface area contributed by atoms with Gasteiger partial charge < -0.3 is 10.1 Å². The van der Waals surface area contributed by atoms with Crippen LogP contribution in [0.25, 0.3) is 10.9 Å². The number of aromatic nitrogens is 1. The minimum Gasteiger partial charge on any atom is -0.384 e. The first kappa shape index (κ1) is 13.9. The number of nitrogens with zero attached hydrogens (tertiary/aromatic N) is 1. The Morgan fingerprint density at radius 2 is 2.10 bits per heavy atom. The lowest BCUT2D eigenvalue weighted by Gasteiger charge is -2.22. The van der Waals surface area contributed by atoms with Crippen LogP contribution < -0.4 is 5.32 Å². The molecule has 20 heavy (non-hydrogen) atoms. The molecule has 0 amide bonds. The van der Waals surface area contributed by atoms with Crippen molar-refractivity contribution in [3.8, 4) is 0 Å². The summed E-state index contributed by atoms with van der Waals surface area (Å²) in [7, 11) is 0. The van der Waals surface area contributed by atoms with Gasteiger partial charge in [-0.1, -0.05) is 30.1 Å². The first-order chi connectivity index (χ1) is 9.72. The standard InChI is InChI=1S/C15H16Cl2N2O/c1-2-6-18-14-9-8-20-7-5-12(9)19-15-11(17)4-3-10(16)13(14)15/h3-4H,2,5-8H2,1H3,(H,18,19). The maximum absolute atomic E-state index is 6.38. The van der Waals surface area contributed by atoms with Crippen molar-refractivity contribution in [2.45, 2.75) is 26.4 Å². The van der Waals surface area contributed by atoms with Crippen molar-refractivity contribution < 1.29 is 4.74 Å². The van der Waals surface area contributed by atoms with Gasteiger partial charge in [0.2, 0.25) is 0 Å². The van der Waals surface area contributed by atoms with Gasteiger partial charge in [0.05, 0.1) is 40.2 Å². The van der Waals surface area contributed by atoms with Crippen LogP contribution in [-0.2, 0) is 17.8 Å². The number of halogens is 2. The zero-order chi connectivity index (χ0) is 14.1. The van der Waals surface area contributed by atoms with Gasteiger partial charge >= 0.3 is 0 Å². The van der Waals surface area contributed by atoms with Gasteiger partial charge in [-0.2, -0.15) is 0 Å². The number of hydrogen-bond donors (Lipinski definition) is 1. The fourth-order valence-electron chi connectivity index (χ4n) is 2.54. The van der Waals surface area contributed by atoms with Gasteiger partial charge in [-0.3, -0.25) is 4.98 Å². The summed E-state index contributed by atoms with van der Waals surface area (Å²) in [6.07, 6.45) is 1.85. The van der Waals surface area contributed by atoms with Crippen LogP contribution in [0, 0.1) is 0 Å². The fourth-order valence-corrected chi connectivity index (χ4v) is 2.98. The van der Waals surface area contributed by atoms with Gasteiger partial charge in [-0.05, 0) is 18.6 Å². The van der Waals surface area contributed by atoms with Crippen LogP contribution >= 0.6 is 23.2 Å². The lowest BCUT2D eigenvalue weighted by molar-refractivity contribution is 0.110. The Kier molecular flexibility index (Phi) is 4.01. The molecular weight excluding hydrogens is 295 g/mol. The second-order valence-corrected chi connectivity index (χ2v) is 5.71. The van der Waals surface area contributed by atoms with Gasteiger partial charge in [0.15, 0.2) is 0 Å². The topological polar surface area (TPSA) is 34.2 Å². The number of rotatable bonds is 3. The van der Waals surface area contributed by atoms with Crippen LogP contribution in [0.5, 0.6) is 0 Å². The summed E-state index contributed by atoms with van der Waals surface area (Å²) in [5, 5.41) is 5.68. The van der Waals surface area contributed by atoms with Crippen molar-refractivity contribution in [3.05, 3.63) is 33.4 Å². The second kappa shape index (κ2) is 5.76. The summed E-state index contributed by atoms with van der Waals surface area (Å²) in [6, 6.07) is 3.62. The van der Waals surface area contributed by atoms with E-state index < -0.39 is 0 Å². The van der Waals surface area contributed by atoms with E-state index in [0.717, 1.165) is 47.2 Å². The van der Waals surface area contributed by atoms with E-state index in [1.165, 1.54) is 0 Å². The minimum absolute atomic E-state index is 0.577. The highest BCUT2D eigenvalue weighted by molar-refractivity contribution is 6.41. The number of hydrogen-bond acceptors (Lipinski definition) is 3. The third-order valence-corrected chi connectivity index (χ3v) is 4.13. The van der Waals surface area contributed by atoms with Crippen molar-refractivity contribution >= 4 is 39.8 Å². The average Bonchev–Trinajstić information content (AvgIpc) is 2.48. The molecule has 2 aromatic rings. The fraction of sp³-hybridized carbons (Fsp3) is 0.400. The van der Waals surface area contributed by atoms with Crippen LogP contribution in [0.3, 0.4) is 0 Å². The molecule has 0 spiro atoms. The third kappa shape index (κ3) is 2.34. The van der Waals surface area contributed by atoms with Crippen molar-refractivity contribution in [1.82, 2.24) is 4.98 Å². The summed E-state index contributed by atoms with van der Waals surface area (Å²) >= 11 is 12.7. The predicted molar refractivity (Wildman–Crippen MR) is 83.9 cm³/mol. The van der Waals surface area contributed by atoms with Crippen LogP contribution in [0.4, 0.5) is 5.69 Å². The zero-order valence-corrected chi connectivity index (χ0v) is 12.8. The molecule has 0 unspecified atom stereocenters. The quantitative estimate of drug-likeness (QED) is 0.910. The van der Waals surface area contributed by atoms with E-state index in [1.807, 2.05) is 6.07 Å². The molecule has 1 aromatic carbocycles. The number of ether oxygens (including phenoxy) is 1. The Balaban J connectivity index is 2.30. The van der Waals surface area contributed by atoms with Crippen molar-refractivity contribution in [2.75, 3.05) is 18.5 Å². The summed E-state index contributed by atoms with van der Waals surface area (Å²) in [5.74, 6) is 0. The highest BCUT2D eigenvalue weighted by atomic mass is 35.5. The van der Waals surface area contributed by atoms with Gasteiger partial charge in [-0.15, -0.1) is 0 Å². The highest BCUT2D eigenvalue weighted by Crippen LogP contribution is 2.38. The van der Waals surface area contributed by atoms with Crippen LogP contribution in [0.2, 0.25) is 10.0 Å². The smallest absolute Gasteiger partial charge is 0.0927 e. The molecule has 106 valence electrons. The molecule has 0 fully saturated rings. The molecule has 1 aliphatic heterocycles. The van der Waals surface area contributed by atoms with Gasteiger partial charge in [0.1, 0.15) is 0 Å². The van der Waals surface area contributed by atoms with Crippen LogP contribution in [-0.4, -0.2) is 18.1 Å². The summed E-state index contributed by atoms with van der Waals surface area (Å²) in [6.45, 7) is 4.30. The molecular formula is C15H16Cl2N2O. The monoisotopic (exact) mass is 310 g/mol. The predicted octanol–water partition coefficient (Wildman–Crippen LogP) is 4.44. The van der Waals surface area contributed by atoms with Crippen LogP contribution in [0.15, 0.2) is 12.1 Å². The molecule has 1 aromatic heterocycles. The van der Waals surface area contributed by atoms with Crippen molar-refractivity contribution in [2.24, 2.45) is 0 Å². The van der Waals surface area contributed by atoms with E-state index in [2.05, 4.69) is 12.2 Å². The summed E-state index contributed by atoms with van der Waals surface area (Å²) < 4.78 is 5.58. The maximum Gasteiger partial charge on any atom is 0.0927 e. The number of pyridine rings is 1. The Morgan fingerprint density at radius 1 is 1.30 bits per heavy atom. The first-order valence-corrected chi connectivity index (χ1v) is 7.59. The number of benzene rings is 1. The first-order valence-electron chi connectivity index (χ1n) is 6.83. The molecule has 0 aliphatic carbocycles. The lowest BCUT2D eigenvalue weighted by Crippen LogP contribution is -2.16. The molecule has 0 bridgehead atoms. The van der Waals surface area contributed by atoms with Gasteiger partial charge in [0, 0.05) is 23.9 Å². The van der Waals surface area contributed by atoms with E-state index in [1.54, 1.807) is 6.07 Å². The molecule has 0 saturated carbocycles. The Morgan fingerprint density at radius 3 is 2.90 bits per heavy atom. The van der Waals surface area contributed by atoms with Gasteiger partial charge in [0.25, 0.3) is 0 Å². The van der Waals surface area contributed by atoms with Gasteiger partial charge in [-0.25, -0.2) is 0 Å². The van der Waals surface area contributed by atoms with E-state index in [0.29, 0.717) is 23.3 Å². The summed E-state index contributed by atoms with van der Waals surface area (Å²) in [5.41, 5.74) is 3.98. The zero-order valence-electron chi connectivity index (χ0n) is 11.3. The maximum atomic E-state index is 6.38. The average molecular weight is 311 g/mol. The number of anilines is 1. The Hall–Kier alpha value is -1.03. The van der Waals surface area contributed by atoms with E-state index >= 15 is 0 Å². The third-order valence-electron chi connectivity index (χ3n) is 3.51. The van der Waals surface area contributed by atoms with E-state index in [-0.39, 0.29) is 0 Å². The molecule has 0 radical (unpaired) electrons. The summed E-state index contributed by atoms with van der Waals surface area (Å²) in [4.78, 5) is 4.71. The largest absolute Gasteiger partial charge is 0.384 e. The number of nitrogens with one attached hydrogen (secondary N) is 1. The van der Waals surface area contributed by atoms with E-state index in [9.17, 15) is 0 Å². The molecule has 5 heteroatoms. The van der Waals surface area contributed by atoms with Crippen LogP contribution in [0.1, 0.15) is 24.6 Å². The van der Waals surface area contributed by atoms with Crippen molar-refractivity contribution in [1.29, 1.82) is 0 Å². The molecule has 0 atom stereocenters. The molecule has 3 rings (SSSR count). The Labute approximate surface area is 128 Å². The van der Waals surface area contributed by atoms with E-state index in [4.69, 9.17) is 32.9 Å². The second-order valence-electron chi connectivity index (χ2n) is 4.89. The molecule has 1 aliphatic rings. The molecule has 2 heterocycles. The minimum atomic E-state index is 0.577. The molecule has 3 nitrogen and oxygen atoms in total. The number of fused-ring (bicyclic) bond motifs is 2.